The highest BCUT2D eigenvalue weighted by molar-refractivity contribution is 5.93. The fraction of sp³-hybridized carbons (Fsp3) is 0.152. The number of furan rings is 1. The number of hydrogen-bond donors (Lipinski definition) is 0. The van der Waals surface area contributed by atoms with Gasteiger partial charge in [0.25, 0.3) is 0 Å². The molecule has 6 heteroatoms. The topological polar surface area (TPSA) is 75.0 Å². The fourth-order valence-corrected chi connectivity index (χ4v) is 4.35. The number of esters is 2. The highest BCUT2D eigenvalue weighted by Crippen LogP contribution is 2.28. The van der Waals surface area contributed by atoms with E-state index in [-0.39, 0.29) is 18.6 Å². The van der Waals surface area contributed by atoms with Crippen LogP contribution in [0.5, 0.6) is 5.75 Å². The quantitative estimate of drug-likeness (QED) is 0.196. The summed E-state index contributed by atoms with van der Waals surface area (Å²) in [6, 6.07) is 32.2. The van der Waals surface area contributed by atoms with E-state index < -0.39 is 18.0 Å². The average Bonchev–Trinajstić information content (AvgIpc) is 3.37. The van der Waals surface area contributed by atoms with Gasteiger partial charge in [0.1, 0.15) is 29.4 Å². The van der Waals surface area contributed by atoms with E-state index in [1.165, 1.54) is 0 Å². The van der Waals surface area contributed by atoms with Crippen LogP contribution < -0.4 is 4.74 Å². The molecule has 0 unspecified atom stereocenters. The molecule has 1 atom stereocenters. The lowest BCUT2D eigenvalue weighted by atomic mass is 10.0. The first kappa shape index (κ1) is 25.8. The summed E-state index contributed by atoms with van der Waals surface area (Å²) in [7, 11) is 1.60. The number of aryl methyl sites for hydroxylation is 1. The van der Waals surface area contributed by atoms with Gasteiger partial charge in [-0.1, -0.05) is 72.8 Å². The standard InChI is InChI=1S/C33H28O6/c1-22-29(20-30(38-22)26-14-16-28(36-2)17-15-26)32(34)39-31(33(35)37-21-23-8-4-3-5-9-23)19-24-12-13-25-10-6-7-11-27(25)18-24/h3-18,20,31H,19,21H2,1-2H3/t31-/m1/s1. The molecule has 196 valence electrons. The molecule has 5 rings (SSSR count). The van der Waals surface area contributed by atoms with Crippen LogP contribution in [0.25, 0.3) is 22.1 Å². The fourth-order valence-electron chi connectivity index (χ4n) is 4.35. The van der Waals surface area contributed by atoms with E-state index in [0.29, 0.717) is 17.3 Å². The zero-order chi connectivity index (χ0) is 27.2. The Kier molecular flexibility index (Phi) is 7.73. The molecule has 0 fully saturated rings. The summed E-state index contributed by atoms with van der Waals surface area (Å²) in [5.41, 5.74) is 2.73. The maximum absolute atomic E-state index is 13.3. The van der Waals surface area contributed by atoms with Crippen LogP contribution in [-0.4, -0.2) is 25.2 Å². The molecule has 0 amide bonds. The predicted molar refractivity (Wildman–Crippen MR) is 149 cm³/mol. The van der Waals surface area contributed by atoms with E-state index in [1.807, 2.05) is 97.1 Å². The normalized spacial score (nSPS) is 11.6. The Morgan fingerprint density at radius 1 is 0.795 bits per heavy atom. The average molecular weight is 521 g/mol. The first-order chi connectivity index (χ1) is 19.0. The number of ether oxygens (including phenoxy) is 3. The molecule has 0 aliphatic carbocycles. The summed E-state index contributed by atoms with van der Waals surface area (Å²) in [5.74, 6) is 0.357. The Balaban J connectivity index is 1.37. The van der Waals surface area contributed by atoms with Crippen LogP contribution >= 0.6 is 0 Å². The van der Waals surface area contributed by atoms with Crippen LogP contribution in [0.3, 0.4) is 0 Å². The maximum Gasteiger partial charge on any atom is 0.348 e. The van der Waals surface area contributed by atoms with Crippen LogP contribution in [0.1, 0.15) is 27.2 Å². The Morgan fingerprint density at radius 3 is 2.26 bits per heavy atom. The minimum absolute atomic E-state index is 0.0812. The number of fused-ring (bicyclic) bond motifs is 1. The third-order valence-corrected chi connectivity index (χ3v) is 6.48. The van der Waals surface area contributed by atoms with Crippen molar-refractivity contribution in [1.29, 1.82) is 0 Å². The van der Waals surface area contributed by atoms with Crippen molar-refractivity contribution < 1.29 is 28.2 Å². The van der Waals surface area contributed by atoms with E-state index in [1.54, 1.807) is 20.1 Å². The minimum atomic E-state index is -1.14. The molecular formula is C33H28O6. The molecule has 0 N–H and O–H groups in total. The Labute approximate surface area is 226 Å². The van der Waals surface area contributed by atoms with Gasteiger partial charge in [0, 0.05) is 12.0 Å². The molecule has 0 bridgehead atoms. The Hall–Kier alpha value is -4.84. The van der Waals surface area contributed by atoms with Crippen molar-refractivity contribution >= 4 is 22.7 Å². The summed E-state index contributed by atoms with van der Waals surface area (Å²) < 4.78 is 22.4. The van der Waals surface area contributed by atoms with Crippen LogP contribution in [0, 0.1) is 6.92 Å². The second kappa shape index (κ2) is 11.7. The van der Waals surface area contributed by atoms with Gasteiger partial charge in [-0.15, -0.1) is 0 Å². The summed E-state index contributed by atoms with van der Waals surface area (Å²) in [5, 5.41) is 2.12. The first-order valence-corrected chi connectivity index (χ1v) is 12.6. The Bertz CT molecular complexity index is 1580. The molecule has 0 saturated heterocycles. The van der Waals surface area contributed by atoms with Gasteiger partial charge in [-0.05, 0) is 59.2 Å². The van der Waals surface area contributed by atoms with Crippen molar-refractivity contribution in [3.8, 4) is 17.1 Å². The smallest absolute Gasteiger partial charge is 0.348 e. The van der Waals surface area contributed by atoms with Gasteiger partial charge < -0.3 is 18.6 Å². The van der Waals surface area contributed by atoms with E-state index in [4.69, 9.17) is 18.6 Å². The van der Waals surface area contributed by atoms with Gasteiger partial charge in [0.05, 0.1) is 7.11 Å². The van der Waals surface area contributed by atoms with E-state index in [2.05, 4.69) is 0 Å². The molecule has 1 aromatic heterocycles. The lowest BCUT2D eigenvalue weighted by Crippen LogP contribution is -2.31. The zero-order valence-corrected chi connectivity index (χ0v) is 21.8. The largest absolute Gasteiger partial charge is 0.497 e. The van der Waals surface area contributed by atoms with E-state index in [0.717, 1.165) is 27.5 Å². The SMILES string of the molecule is COc1ccc(-c2cc(C(=O)O[C@H](Cc3ccc4ccccc4c3)C(=O)OCc3ccccc3)c(C)o2)cc1. The summed E-state index contributed by atoms with van der Waals surface area (Å²) in [6.45, 7) is 1.77. The van der Waals surface area contributed by atoms with Crippen LogP contribution in [-0.2, 0) is 27.3 Å². The molecule has 0 saturated carbocycles. The van der Waals surface area contributed by atoms with Crippen LogP contribution in [0.2, 0.25) is 0 Å². The summed E-state index contributed by atoms with van der Waals surface area (Å²) in [6.07, 6.45) is -0.965. The van der Waals surface area contributed by atoms with Crippen LogP contribution in [0.15, 0.2) is 108 Å². The molecule has 1 heterocycles. The van der Waals surface area contributed by atoms with Gasteiger partial charge in [0.15, 0.2) is 0 Å². The predicted octanol–water partition coefficient (Wildman–Crippen LogP) is 6.93. The Morgan fingerprint density at radius 2 is 1.51 bits per heavy atom. The van der Waals surface area contributed by atoms with Crippen molar-refractivity contribution in [2.45, 2.75) is 26.1 Å². The molecule has 39 heavy (non-hydrogen) atoms. The number of rotatable bonds is 9. The van der Waals surface area contributed by atoms with Gasteiger partial charge in [0.2, 0.25) is 6.10 Å². The monoisotopic (exact) mass is 520 g/mol. The van der Waals surface area contributed by atoms with Crippen molar-refractivity contribution in [3.63, 3.8) is 0 Å². The summed E-state index contributed by atoms with van der Waals surface area (Å²) >= 11 is 0. The molecule has 4 aromatic carbocycles. The van der Waals surface area contributed by atoms with Gasteiger partial charge >= 0.3 is 11.9 Å². The van der Waals surface area contributed by atoms with Gasteiger partial charge in [-0.2, -0.15) is 0 Å². The molecular weight excluding hydrogens is 492 g/mol. The van der Waals surface area contributed by atoms with Crippen molar-refractivity contribution in [2.75, 3.05) is 7.11 Å². The van der Waals surface area contributed by atoms with Crippen molar-refractivity contribution in [3.05, 3.63) is 126 Å². The lowest BCUT2D eigenvalue weighted by molar-refractivity contribution is -0.155. The van der Waals surface area contributed by atoms with Gasteiger partial charge in [-0.25, -0.2) is 9.59 Å². The number of carbonyl (C=O) groups is 2. The molecule has 5 aromatic rings. The number of carbonyl (C=O) groups excluding carboxylic acids is 2. The number of methoxy groups -OCH3 is 1. The third-order valence-electron chi connectivity index (χ3n) is 6.48. The lowest BCUT2D eigenvalue weighted by Gasteiger charge is -2.17. The number of hydrogen-bond acceptors (Lipinski definition) is 6. The van der Waals surface area contributed by atoms with Crippen molar-refractivity contribution in [1.82, 2.24) is 0 Å². The molecule has 0 aliphatic heterocycles. The number of benzene rings is 4. The first-order valence-electron chi connectivity index (χ1n) is 12.6. The molecule has 0 spiro atoms. The highest BCUT2D eigenvalue weighted by Gasteiger charge is 2.28. The van der Waals surface area contributed by atoms with Gasteiger partial charge in [-0.3, -0.25) is 0 Å². The second-order valence-electron chi connectivity index (χ2n) is 9.18. The molecule has 0 aliphatic rings. The molecule has 6 nitrogen and oxygen atoms in total. The second-order valence-corrected chi connectivity index (χ2v) is 9.18. The summed E-state index contributed by atoms with van der Waals surface area (Å²) in [4.78, 5) is 26.5. The minimum Gasteiger partial charge on any atom is -0.497 e. The third kappa shape index (κ3) is 6.18. The van der Waals surface area contributed by atoms with E-state index in [9.17, 15) is 9.59 Å². The molecule has 0 radical (unpaired) electrons. The maximum atomic E-state index is 13.3. The zero-order valence-electron chi connectivity index (χ0n) is 21.8. The highest BCUT2D eigenvalue weighted by atomic mass is 16.6. The van der Waals surface area contributed by atoms with Crippen LogP contribution in [0.4, 0.5) is 0 Å². The van der Waals surface area contributed by atoms with E-state index >= 15 is 0 Å². The van der Waals surface area contributed by atoms with Crippen molar-refractivity contribution in [2.24, 2.45) is 0 Å².